The second kappa shape index (κ2) is 4.63. The van der Waals surface area contributed by atoms with E-state index in [1.165, 1.54) is 0 Å². The first-order chi connectivity index (χ1) is 8.60. The predicted octanol–water partition coefficient (Wildman–Crippen LogP) is 3.76. The van der Waals surface area contributed by atoms with Gasteiger partial charge in [0.15, 0.2) is 9.84 Å². The normalized spacial score (nSPS) is 13.1. The lowest BCUT2D eigenvalue weighted by Gasteiger charge is -2.18. The molecule has 0 amide bonds. The molecule has 0 fully saturated rings. The lowest BCUT2D eigenvalue weighted by molar-refractivity contribution is 0.462. The molecule has 0 aliphatic rings. The Labute approximate surface area is 122 Å². The molecular formula is C14H18BrNO2S. The number of hydrogen-bond acceptors (Lipinski definition) is 2. The zero-order valence-corrected chi connectivity index (χ0v) is 14.0. The van der Waals surface area contributed by atoms with Gasteiger partial charge in [-0.1, -0.05) is 20.8 Å². The minimum atomic E-state index is -3.26. The van der Waals surface area contributed by atoms with Gasteiger partial charge in [-0.3, -0.25) is 0 Å². The summed E-state index contributed by atoms with van der Waals surface area (Å²) in [5.74, 6) is 0.144. The molecule has 1 aromatic heterocycles. The summed E-state index contributed by atoms with van der Waals surface area (Å²) in [7, 11) is -1.32. The van der Waals surface area contributed by atoms with Gasteiger partial charge >= 0.3 is 0 Å². The van der Waals surface area contributed by atoms with Crippen LogP contribution >= 0.6 is 15.9 Å². The Balaban J connectivity index is 2.58. The average molecular weight is 344 g/mol. The first-order valence-corrected chi connectivity index (χ1v) is 8.52. The van der Waals surface area contributed by atoms with Gasteiger partial charge in [-0.15, -0.1) is 0 Å². The smallest absolute Gasteiger partial charge is 0.178 e. The Kier molecular flexibility index (Phi) is 3.56. The molecule has 1 aromatic carbocycles. The molecule has 0 spiro atoms. The number of aryl methyl sites for hydroxylation is 1. The minimum absolute atomic E-state index is 0.144. The fourth-order valence-electron chi connectivity index (χ4n) is 2.19. The zero-order valence-electron chi connectivity index (χ0n) is 11.6. The molecule has 5 heteroatoms. The number of aromatic nitrogens is 1. The molecule has 0 radical (unpaired) electrons. The van der Waals surface area contributed by atoms with E-state index in [0.29, 0.717) is 4.90 Å². The zero-order chi connectivity index (χ0) is 14.4. The van der Waals surface area contributed by atoms with Crippen LogP contribution in [0.3, 0.4) is 0 Å². The van der Waals surface area contributed by atoms with E-state index in [0.717, 1.165) is 15.4 Å². The average Bonchev–Trinajstić information content (AvgIpc) is 2.57. The number of fused-ring (bicyclic) bond motifs is 1. The Morgan fingerprint density at radius 2 is 1.89 bits per heavy atom. The fraction of sp³-hybridized carbons (Fsp3) is 0.429. The largest absolute Gasteiger partial charge is 0.350 e. The Bertz CT molecular complexity index is 724. The highest BCUT2D eigenvalue weighted by atomic mass is 79.9. The van der Waals surface area contributed by atoms with Crippen molar-refractivity contribution in [1.82, 2.24) is 4.57 Å². The Morgan fingerprint density at radius 3 is 2.47 bits per heavy atom. The van der Waals surface area contributed by atoms with E-state index >= 15 is 0 Å². The number of sulfone groups is 1. The third kappa shape index (κ3) is 3.03. The molecule has 2 rings (SSSR count). The number of rotatable bonds is 2. The van der Waals surface area contributed by atoms with Crippen LogP contribution in [0.2, 0.25) is 0 Å². The van der Waals surface area contributed by atoms with Crippen molar-refractivity contribution >= 4 is 36.7 Å². The summed E-state index contributed by atoms with van der Waals surface area (Å²) in [6, 6.07) is 5.38. The SMILES string of the molecule is Cn1ccc2cc(S(=O)(=O)CC(C)(C)C)cc(Br)c21. The van der Waals surface area contributed by atoms with Crippen molar-refractivity contribution in [3.63, 3.8) is 0 Å². The summed E-state index contributed by atoms with van der Waals surface area (Å²) in [4.78, 5) is 0.382. The molecule has 1 heterocycles. The minimum Gasteiger partial charge on any atom is -0.350 e. The van der Waals surface area contributed by atoms with Gasteiger partial charge < -0.3 is 4.57 Å². The highest BCUT2D eigenvalue weighted by Gasteiger charge is 2.24. The van der Waals surface area contributed by atoms with Gasteiger partial charge in [0.25, 0.3) is 0 Å². The molecular weight excluding hydrogens is 326 g/mol. The van der Waals surface area contributed by atoms with E-state index in [4.69, 9.17) is 0 Å². The summed E-state index contributed by atoms with van der Waals surface area (Å²) in [5, 5.41) is 0.935. The third-order valence-electron chi connectivity index (χ3n) is 2.88. The molecule has 0 aliphatic carbocycles. The van der Waals surface area contributed by atoms with Crippen molar-refractivity contribution in [2.75, 3.05) is 5.75 Å². The van der Waals surface area contributed by atoms with Crippen LogP contribution in [0.25, 0.3) is 10.9 Å². The van der Waals surface area contributed by atoms with Gasteiger partial charge in [-0.25, -0.2) is 8.42 Å². The molecule has 19 heavy (non-hydrogen) atoms. The van der Waals surface area contributed by atoms with Crippen molar-refractivity contribution in [3.8, 4) is 0 Å². The lowest BCUT2D eigenvalue weighted by Crippen LogP contribution is -2.20. The molecule has 2 aromatic rings. The maximum atomic E-state index is 12.4. The van der Waals surface area contributed by atoms with E-state index in [-0.39, 0.29) is 11.2 Å². The standard InChI is InChI=1S/C14H18BrNO2S/c1-14(2,3)9-19(17,18)11-7-10-5-6-16(4)13(10)12(15)8-11/h5-8H,9H2,1-4H3. The summed E-state index contributed by atoms with van der Waals surface area (Å²) >= 11 is 3.46. The second-order valence-corrected chi connectivity index (χ2v) is 8.93. The molecule has 3 nitrogen and oxygen atoms in total. The van der Waals surface area contributed by atoms with Crippen molar-refractivity contribution in [3.05, 3.63) is 28.9 Å². The van der Waals surface area contributed by atoms with E-state index in [9.17, 15) is 8.42 Å². The maximum absolute atomic E-state index is 12.4. The summed E-state index contributed by atoms with van der Waals surface area (Å²) in [6.45, 7) is 5.79. The fourth-order valence-corrected chi connectivity index (χ4v) is 5.01. The Hall–Kier alpha value is -0.810. The lowest BCUT2D eigenvalue weighted by atomic mass is 10.0. The van der Waals surface area contributed by atoms with Crippen LogP contribution in [0.15, 0.2) is 33.8 Å². The number of nitrogens with zero attached hydrogens (tertiary/aromatic N) is 1. The van der Waals surface area contributed by atoms with Crippen molar-refractivity contribution < 1.29 is 8.42 Å². The first-order valence-electron chi connectivity index (χ1n) is 6.07. The number of benzene rings is 1. The van der Waals surface area contributed by atoms with Crippen LogP contribution < -0.4 is 0 Å². The molecule has 0 aliphatic heterocycles. The van der Waals surface area contributed by atoms with Gasteiger partial charge in [0.1, 0.15) is 0 Å². The van der Waals surface area contributed by atoms with Gasteiger partial charge in [0.2, 0.25) is 0 Å². The summed E-state index contributed by atoms with van der Waals surface area (Å²) in [5.41, 5.74) is 0.756. The van der Waals surface area contributed by atoms with Gasteiger partial charge in [-0.05, 0) is 39.5 Å². The molecule has 0 bridgehead atoms. The maximum Gasteiger partial charge on any atom is 0.178 e. The molecule has 0 saturated heterocycles. The topological polar surface area (TPSA) is 39.1 Å². The number of hydrogen-bond donors (Lipinski definition) is 0. The summed E-state index contributed by atoms with van der Waals surface area (Å²) < 4.78 is 27.6. The molecule has 104 valence electrons. The summed E-state index contributed by atoms with van der Waals surface area (Å²) in [6.07, 6.45) is 1.93. The first kappa shape index (κ1) is 14.6. The van der Waals surface area contributed by atoms with Crippen LogP contribution in [-0.2, 0) is 16.9 Å². The van der Waals surface area contributed by atoms with Crippen molar-refractivity contribution in [2.45, 2.75) is 25.7 Å². The highest BCUT2D eigenvalue weighted by molar-refractivity contribution is 9.10. The van der Waals surface area contributed by atoms with E-state index < -0.39 is 9.84 Å². The highest BCUT2D eigenvalue weighted by Crippen LogP contribution is 2.30. The van der Waals surface area contributed by atoms with Crippen molar-refractivity contribution in [2.24, 2.45) is 12.5 Å². The van der Waals surface area contributed by atoms with E-state index in [1.54, 1.807) is 12.1 Å². The Morgan fingerprint density at radius 1 is 1.26 bits per heavy atom. The van der Waals surface area contributed by atoms with Gasteiger partial charge in [0.05, 0.1) is 16.2 Å². The van der Waals surface area contributed by atoms with Crippen LogP contribution in [0, 0.1) is 5.41 Å². The third-order valence-corrected chi connectivity index (χ3v) is 5.68. The van der Waals surface area contributed by atoms with Crippen LogP contribution in [0.5, 0.6) is 0 Å². The van der Waals surface area contributed by atoms with Gasteiger partial charge in [-0.2, -0.15) is 0 Å². The molecule has 0 N–H and O–H groups in total. The van der Waals surface area contributed by atoms with Crippen LogP contribution in [0.1, 0.15) is 20.8 Å². The second-order valence-electron chi connectivity index (χ2n) is 6.09. The monoisotopic (exact) mass is 343 g/mol. The van der Waals surface area contributed by atoms with Crippen molar-refractivity contribution in [1.29, 1.82) is 0 Å². The molecule has 0 saturated carbocycles. The predicted molar refractivity (Wildman–Crippen MR) is 82.1 cm³/mol. The quantitative estimate of drug-likeness (QED) is 0.832. The van der Waals surface area contributed by atoms with Crippen LogP contribution in [-0.4, -0.2) is 18.7 Å². The number of halogens is 1. The van der Waals surface area contributed by atoms with Gasteiger partial charge in [0, 0.05) is 23.1 Å². The molecule has 0 unspecified atom stereocenters. The van der Waals surface area contributed by atoms with E-state index in [1.807, 2.05) is 44.6 Å². The van der Waals surface area contributed by atoms with Crippen LogP contribution in [0.4, 0.5) is 0 Å². The molecule has 0 atom stereocenters. The van der Waals surface area contributed by atoms with E-state index in [2.05, 4.69) is 15.9 Å².